The molecule has 0 spiro atoms. The Balaban J connectivity index is 1.44. The lowest BCUT2D eigenvalue weighted by atomic mass is 9.87. The van der Waals surface area contributed by atoms with Crippen LogP contribution in [0.1, 0.15) is 73.2 Å². The summed E-state index contributed by atoms with van der Waals surface area (Å²) in [5, 5.41) is 12.2. The first kappa shape index (κ1) is 22.4. The molecule has 2 aromatic heterocycles. The number of anilines is 1. The van der Waals surface area contributed by atoms with Crippen molar-refractivity contribution in [2.24, 2.45) is 0 Å². The molecule has 7 heteroatoms. The SMILES string of the molecule is CC[C@@H]1CN(c2nc(C3CC3)c3c(c2C#N)CC(C)(C)OC3)CCN1C(=O)Cc1cccs1. The van der Waals surface area contributed by atoms with Gasteiger partial charge < -0.3 is 14.5 Å². The largest absolute Gasteiger partial charge is 0.370 e. The van der Waals surface area contributed by atoms with Crippen molar-refractivity contribution in [1.82, 2.24) is 9.88 Å². The number of rotatable bonds is 5. The Hall–Kier alpha value is -2.43. The number of carbonyl (C=O) groups is 1. The molecule has 5 rings (SSSR count). The van der Waals surface area contributed by atoms with E-state index in [1.807, 2.05) is 22.4 Å². The molecular formula is C26H32N4O2S. The topological polar surface area (TPSA) is 69.5 Å². The second kappa shape index (κ2) is 8.73. The molecule has 1 amide bonds. The molecule has 0 bridgehead atoms. The van der Waals surface area contributed by atoms with Crippen molar-refractivity contribution in [3.8, 4) is 6.07 Å². The molecule has 3 aliphatic rings. The van der Waals surface area contributed by atoms with Crippen LogP contribution in [-0.4, -0.2) is 47.1 Å². The zero-order valence-corrected chi connectivity index (χ0v) is 20.6. The van der Waals surface area contributed by atoms with E-state index in [4.69, 9.17) is 9.72 Å². The first-order valence-corrected chi connectivity index (χ1v) is 12.9. The maximum Gasteiger partial charge on any atom is 0.228 e. The van der Waals surface area contributed by atoms with E-state index in [0.29, 0.717) is 37.6 Å². The maximum absolute atomic E-state index is 13.0. The van der Waals surface area contributed by atoms with E-state index in [0.717, 1.165) is 59.7 Å². The van der Waals surface area contributed by atoms with Crippen LogP contribution < -0.4 is 4.90 Å². The van der Waals surface area contributed by atoms with Gasteiger partial charge in [0.2, 0.25) is 5.91 Å². The number of hydrogen-bond acceptors (Lipinski definition) is 6. The molecule has 1 saturated heterocycles. The number of nitriles is 1. The summed E-state index contributed by atoms with van der Waals surface area (Å²) < 4.78 is 6.11. The van der Waals surface area contributed by atoms with Gasteiger partial charge in [-0.25, -0.2) is 4.98 Å². The van der Waals surface area contributed by atoms with Gasteiger partial charge in [0.05, 0.1) is 29.9 Å². The fourth-order valence-corrected chi connectivity index (χ4v) is 5.90. The summed E-state index contributed by atoms with van der Waals surface area (Å²) in [6.07, 6.45) is 4.41. The first-order chi connectivity index (χ1) is 15.9. The van der Waals surface area contributed by atoms with Gasteiger partial charge in [0.15, 0.2) is 0 Å². The zero-order valence-electron chi connectivity index (χ0n) is 19.8. The monoisotopic (exact) mass is 464 g/mol. The predicted octanol–water partition coefficient (Wildman–Crippen LogP) is 4.41. The van der Waals surface area contributed by atoms with Crippen LogP contribution in [0.15, 0.2) is 17.5 Å². The molecule has 2 aromatic rings. The minimum atomic E-state index is -0.281. The van der Waals surface area contributed by atoms with Gasteiger partial charge in [0.1, 0.15) is 11.9 Å². The van der Waals surface area contributed by atoms with Crippen LogP contribution in [0.3, 0.4) is 0 Å². The lowest BCUT2D eigenvalue weighted by molar-refractivity contribution is -0.133. The van der Waals surface area contributed by atoms with Crippen LogP contribution in [0.4, 0.5) is 5.82 Å². The molecule has 2 aliphatic heterocycles. The van der Waals surface area contributed by atoms with E-state index in [1.165, 1.54) is 0 Å². The van der Waals surface area contributed by atoms with Crippen molar-refractivity contribution in [3.63, 3.8) is 0 Å². The summed E-state index contributed by atoms with van der Waals surface area (Å²) in [5.74, 6) is 1.51. The van der Waals surface area contributed by atoms with Gasteiger partial charge >= 0.3 is 0 Å². The van der Waals surface area contributed by atoms with E-state index >= 15 is 0 Å². The number of carbonyl (C=O) groups excluding carboxylic acids is 1. The van der Waals surface area contributed by atoms with E-state index in [1.54, 1.807) is 11.3 Å². The van der Waals surface area contributed by atoms with E-state index in [9.17, 15) is 10.1 Å². The summed E-state index contributed by atoms with van der Waals surface area (Å²) in [5.41, 5.74) is 3.84. The highest BCUT2D eigenvalue weighted by Crippen LogP contribution is 2.45. The molecule has 1 aliphatic carbocycles. The molecule has 1 saturated carbocycles. The highest BCUT2D eigenvalue weighted by molar-refractivity contribution is 7.10. The number of ether oxygens (including phenoxy) is 1. The number of hydrogen-bond donors (Lipinski definition) is 0. The third-order valence-corrected chi connectivity index (χ3v) is 8.07. The molecule has 0 N–H and O–H groups in total. The smallest absolute Gasteiger partial charge is 0.228 e. The Morgan fingerprint density at radius 2 is 2.15 bits per heavy atom. The predicted molar refractivity (Wildman–Crippen MR) is 130 cm³/mol. The Morgan fingerprint density at radius 1 is 1.33 bits per heavy atom. The molecule has 1 atom stereocenters. The third kappa shape index (κ3) is 4.39. The average Bonchev–Trinajstić information content (AvgIpc) is 3.53. The minimum Gasteiger partial charge on any atom is -0.370 e. The summed E-state index contributed by atoms with van der Waals surface area (Å²) in [7, 11) is 0. The van der Waals surface area contributed by atoms with Gasteiger partial charge in [-0.1, -0.05) is 13.0 Å². The fourth-order valence-electron chi connectivity index (χ4n) is 5.21. The lowest BCUT2D eigenvalue weighted by Crippen LogP contribution is -2.56. The van der Waals surface area contributed by atoms with Crippen molar-refractivity contribution < 1.29 is 9.53 Å². The molecule has 0 unspecified atom stereocenters. The molecule has 6 nitrogen and oxygen atoms in total. The summed E-state index contributed by atoms with van der Waals surface area (Å²) in [6.45, 7) is 8.96. The number of fused-ring (bicyclic) bond motifs is 1. The third-order valence-electron chi connectivity index (χ3n) is 7.19. The summed E-state index contributed by atoms with van der Waals surface area (Å²) in [4.78, 5) is 23.6. The Morgan fingerprint density at radius 3 is 2.82 bits per heavy atom. The van der Waals surface area contributed by atoms with Crippen LogP contribution >= 0.6 is 11.3 Å². The highest BCUT2D eigenvalue weighted by atomic mass is 32.1. The lowest BCUT2D eigenvalue weighted by Gasteiger charge is -2.43. The Bertz CT molecular complexity index is 1080. The van der Waals surface area contributed by atoms with E-state index < -0.39 is 0 Å². The van der Waals surface area contributed by atoms with Crippen molar-refractivity contribution >= 4 is 23.1 Å². The van der Waals surface area contributed by atoms with Crippen molar-refractivity contribution in [2.45, 2.75) is 77.0 Å². The second-order valence-corrected chi connectivity index (χ2v) is 11.1. The van der Waals surface area contributed by atoms with E-state index in [2.05, 4.69) is 31.7 Å². The molecule has 0 radical (unpaired) electrons. The minimum absolute atomic E-state index is 0.125. The van der Waals surface area contributed by atoms with Crippen LogP contribution in [0.2, 0.25) is 0 Å². The standard InChI is InChI=1S/C26H32N4O2S/c1-4-18-15-29(9-10-30(18)23(31)12-19-6-5-11-33-19)25-21(14-27)20-13-26(2,3)32-16-22(20)24(28-25)17-7-8-17/h5-6,11,17-18H,4,7-10,12-13,15-16H2,1-3H3/t18-/m1/s1. The number of pyridine rings is 1. The van der Waals surface area contributed by atoms with Crippen LogP contribution in [0.25, 0.3) is 0 Å². The summed E-state index contributed by atoms with van der Waals surface area (Å²) in [6, 6.07) is 6.65. The fraction of sp³-hybridized carbons (Fsp3) is 0.577. The number of nitrogens with zero attached hydrogens (tertiary/aromatic N) is 4. The highest BCUT2D eigenvalue weighted by Gasteiger charge is 2.38. The van der Waals surface area contributed by atoms with Crippen molar-refractivity contribution in [3.05, 3.63) is 44.8 Å². The van der Waals surface area contributed by atoms with Gasteiger partial charge in [-0.05, 0) is 50.1 Å². The summed E-state index contributed by atoms with van der Waals surface area (Å²) >= 11 is 1.64. The molecule has 33 heavy (non-hydrogen) atoms. The van der Waals surface area contributed by atoms with Crippen molar-refractivity contribution in [2.75, 3.05) is 24.5 Å². The average molecular weight is 465 g/mol. The number of amides is 1. The van der Waals surface area contributed by atoms with Gasteiger partial charge in [0.25, 0.3) is 0 Å². The van der Waals surface area contributed by atoms with Crippen LogP contribution in [0.5, 0.6) is 0 Å². The van der Waals surface area contributed by atoms with E-state index in [-0.39, 0.29) is 17.6 Å². The number of piperazine rings is 1. The molecule has 0 aromatic carbocycles. The number of thiophene rings is 1. The molecule has 4 heterocycles. The van der Waals surface area contributed by atoms with Crippen LogP contribution in [-0.2, 0) is 29.0 Å². The van der Waals surface area contributed by atoms with Gasteiger partial charge in [-0.15, -0.1) is 11.3 Å². The zero-order chi connectivity index (χ0) is 23.2. The molecule has 2 fully saturated rings. The molecular weight excluding hydrogens is 432 g/mol. The number of aromatic nitrogens is 1. The first-order valence-electron chi connectivity index (χ1n) is 12.1. The Labute approximate surface area is 200 Å². The van der Waals surface area contributed by atoms with Gasteiger partial charge in [0, 0.05) is 48.5 Å². The van der Waals surface area contributed by atoms with Gasteiger partial charge in [-0.3, -0.25) is 4.79 Å². The quantitative estimate of drug-likeness (QED) is 0.655. The van der Waals surface area contributed by atoms with Crippen LogP contribution in [0, 0.1) is 11.3 Å². The normalized spacial score (nSPS) is 22.1. The Kier molecular flexibility index (Phi) is 5.92. The second-order valence-electron chi connectivity index (χ2n) is 10.1. The molecule has 174 valence electrons. The van der Waals surface area contributed by atoms with Crippen molar-refractivity contribution in [1.29, 1.82) is 5.26 Å². The maximum atomic E-state index is 13.0. The van der Waals surface area contributed by atoms with Gasteiger partial charge in [-0.2, -0.15) is 5.26 Å².